The van der Waals surface area contributed by atoms with E-state index in [-0.39, 0.29) is 23.8 Å². The number of aromatic nitrogens is 1. The van der Waals surface area contributed by atoms with Crippen molar-refractivity contribution in [1.29, 1.82) is 0 Å². The summed E-state index contributed by atoms with van der Waals surface area (Å²) >= 11 is 8.05. The number of aryl methyl sites for hydroxylation is 1. The number of piperidine rings is 1. The number of likely N-dealkylation sites (tertiary alicyclic amines) is 1. The Hall–Kier alpha value is -2.31. The van der Waals surface area contributed by atoms with E-state index in [1.165, 1.54) is 0 Å². The lowest BCUT2D eigenvalue weighted by Crippen LogP contribution is -2.53. The monoisotopic (exact) mass is 472 g/mol. The molecule has 1 aliphatic carbocycles. The lowest BCUT2D eigenvalue weighted by molar-refractivity contribution is -0.151. The summed E-state index contributed by atoms with van der Waals surface area (Å²) in [6, 6.07) is 9.89. The standard InChI is InChI=1S/C21H25ClN2O3.C4H4S/c22-16-6-2-7-17-20(16)13(12-23-17)9-10-19(25)24-11-3-5-14-15(21(26)27)4-1-8-18(14)24;1-2-4-5-3-1/h2,6-7,12,14-15,18,23H,1,3-5,8-11H2,(H,26,27);1-4H. The van der Waals surface area contributed by atoms with Crippen LogP contribution in [-0.4, -0.2) is 39.5 Å². The maximum Gasteiger partial charge on any atom is 0.306 e. The number of aromatic amines is 1. The predicted octanol–water partition coefficient (Wildman–Crippen LogP) is 5.99. The van der Waals surface area contributed by atoms with Gasteiger partial charge in [0, 0.05) is 36.1 Å². The summed E-state index contributed by atoms with van der Waals surface area (Å²) in [7, 11) is 0. The highest BCUT2D eigenvalue weighted by molar-refractivity contribution is 7.07. The number of halogens is 1. The average molecular weight is 473 g/mol. The highest BCUT2D eigenvalue weighted by Crippen LogP contribution is 2.40. The molecule has 0 spiro atoms. The normalized spacial score (nSPS) is 22.7. The number of fused-ring (bicyclic) bond motifs is 2. The molecular formula is C25H29ClN2O3S. The van der Waals surface area contributed by atoms with E-state index in [9.17, 15) is 14.7 Å². The molecule has 5 rings (SSSR count). The van der Waals surface area contributed by atoms with Crippen molar-refractivity contribution in [2.75, 3.05) is 6.54 Å². The molecule has 0 bridgehead atoms. The van der Waals surface area contributed by atoms with Gasteiger partial charge in [-0.1, -0.05) is 36.2 Å². The summed E-state index contributed by atoms with van der Waals surface area (Å²) < 4.78 is 0. The maximum atomic E-state index is 13.0. The molecular weight excluding hydrogens is 444 g/mol. The van der Waals surface area contributed by atoms with Crippen LogP contribution in [0.3, 0.4) is 0 Å². The van der Waals surface area contributed by atoms with E-state index < -0.39 is 5.97 Å². The fourth-order valence-electron chi connectivity index (χ4n) is 5.32. The van der Waals surface area contributed by atoms with Gasteiger partial charge >= 0.3 is 5.97 Å². The Labute approximate surface area is 197 Å². The number of carboxylic acids is 1. The number of hydrogen-bond donors (Lipinski definition) is 2. The van der Waals surface area contributed by atoms with E-state index in [1.807, 2.05) is 52.2 Å². The van der Waals surface area contributed by atoms with Crippen molar-refractivity contribution in [3.05, 3.63) is 57.9 Å². The molecule has 2 fully saturated rings. The van der Waals surface area contributed by atoms with E-state index in [4.69, 9.17) is 11.6 Å². The molecule has 1 saturated carbocycles. The van der Waals surface area contributed by atoms with Crippen LogP contribution in [0.1, 0.15) is 44.1 Å². The van der Waals surface area contributed by atoms with Gasteiger partial charge in [0.25, 0.3) is 0 Å². The molecule has 3 aromatic rings. The van der Waals surface area contributed by atoms with Gasteiger partial charge in [-0.05, 0) is 66.5 Å². The molecule has 3 atom stereocenters. The number of carbonyl (C=O) groups excluding carboxylic acids is 1. The molecule has 1 aliphatic heterocycles. The number of thiophene rings is 1. The topological polar surface area (TPSA) is 73.4 Å². The molecule has 170 valence electrons. The van der Waals surface area contributed by atoms with Crippen molar-refractivity contribution in [3.8, 4) is 0 Å². The van der Waals surface area contributed by atoms with Gasteiger partial charge in [0.15, 0.2) is 0 Å². The highest BCUT2D eigenvalue weighted by atomic mass is 35.5. The van der Waals surface area contributed by atoms with Gasteiger partial charge in [-0.25, -0.2) is 0 Å². The molecule has 3 heterocycles. The summed E-state index contributed by atoms with van der Waals surface area (Å²) in [5.41, 5.74) is 2.05. The molecule has 1 aromatic carbocycles. The number of benzene rings is 1. The Bertz CT molecular complexity index is 1030. The predicted molar refractivity (Wildman–Crippen MR) is 129 cm³/mol. The number of amides is 1. The Balaban J connectivity index is 0.000000433. The molecule has 3 unspecified atom stereocenters. The van der Waals surface area contributed by atoms with Crippen LogP contribution in [0.5, 0.6) is 0 Å². The number of nitrogens with one attached hydrogen (secondary N) is 1. The van der Waals surface area contributed by atoms with Crippen LogP contribution in [0.2, 0.25) is 5.02 Å². The molecule has 1 saturated heterocycles. The van der Waals surface area contributed by atoms with Crippen LogP contribution in [0.4, 0.5) is 0 Å². The van der Waals surface area contributed by atoms with Gasteiger partial charge in [0.05, 0.1) is 10.9 Å². The zero-order valence-electron chi connectivity index (χ0n) is 18.0. The van der Waals surface area contributed by atoms with Crippen LogP contribution in [0.25, 0.3) is 10.9 Å². The lowest BCUT2D eigenvalue weighted by atomic mass is 9.71. The number of hydrogen-bond acceptors (Lipinski definition) is 3. The van der Waals surface area contributed by atoms with Crippen LogP contribution >= 0.6 is 22.9 Å². The smallest absolute Gasteiger partial charge is 0.306 e. The average Bonchev–Trinajstić information content (AvgIpc) is 3.51. The second-order valence-electron chi connectivity index (χ2n) is 8.61. The maximum absolute atomic E-state index is 13.0. The number of aliphatic carboxylic acids is 1. The molecule has 2 N–H and O–H groups in total. The highest BCUT2D eigenvalue weighted by Gasteiger charge is 2.43. The minimum absolute atomic E-state index is 0.0904. The SMILES string of the molecule is O=C(O)C1CCCC2C1CCCN2C(=O)CCc1c[nH]c2cccc(Cl)c12.c1ccsc1. The Kier molecular flexibility index (Phi) is 7.53. The third-order valence-electron chi connectivity index (χ3n) is 6.77. The molecule has 1 amide bonds. The van der Waals surface area contributed by atoms with Crippen LogP contribution in [0, 0.1) is 11.8 Å². The van der Waals surface area contributed by atoms with Crippen molar-refractivity contribution < 1.29 is 14.7 Å². The van der Waals surface area contributed by atoms with Gasteiger partial charge in [0.2, 0.25) is 5.91 Å². The second kappa shape index (κ2) is 10.5. The third-order valence-corrected chi connectivity index (χ3v) is 7.71. The van der Waals surface area contributed by atoms with Gasteiger partial charge in [-0.15, -0.1) is 0 Å². The van der Waals surface area contributed by atoms with Gasteiger partial charge in [-0.2, -0.15) is 11.3 Å². The fourth-order valence-corrected chi connectivity index (χ4v) is 6.07. The van der Waals surface area contributed by atoms with Gasteiger partial charge in [0.1, 0.15) is 0 Å². The third kappa shape index (κ3) is 5.02. The van der Waals surface area contributed by atoms with Gasteiger partial charge < -0.3 is 15.0 Å². The first kappa shape index (κ1) is 22.9. The number of carbonyl (C=O) groups is 2. The minimum atomic E-state index is -0.701. The second-order valence-corrected chi connectivity index (χ2v) is 9.83. The Morgan fingerprint density at radius 3 is 2.66 bits per heavy atom. The van der Waals surface area contributed by atoms with E-state index >= 15 is 0 Å². The largest absolute Gasteiger partial charge is 0.481 e. The number of rotatable bonds is 4. The molecule has 0 radical (unpaired) electrons. The van der Waals surface area contributed by atoms with E-state index in [1.54, 1.807) is 11.3 Å². The van der Waals surface area contributed by atoms with Crippen LogP contribution in [-0.2, 0) is 16.0 Å². The molecule has 2 aliphatic rings. The summed E-state index contributed by atoms with van der Waals surface area (Å²) in [6.45, 7) is 0.751. The summed E-state index contributed by atoms with van der Waals surface area (Å²) in [6.07, 6.45) is 7.38. The van der Waals surface area contributed by atoms with E-state index in [0.717, 1.165) is 55.1 Å². The summed E-state index contributed by atoms with van der Waals surface area (Å²) in [4.78, 5) is 29.8. The van der Waals surface area contributed by atoms with Crippen molar-refractivity contribution in [1.82, 2.24) is 9.88 Å². The first-order chi connectivity index (χ1) is 15.6. The van der Waals surface area contributed by atoms with E-state index in [0.29, 0.717) is 17.9 Å². The lowest BCUT2D eigenvalue weighted by Gasteiger charge is -2.46. The van der Waals surface area contributed by atoms with Crippen LogP contribution < -0.4 is 0 Å². The Morgan fingerprint density at radius 1 is 1.12 bits per heavy atom. The van der Waals surface area contributed by atoms with Gasteiger partial charge in [-0.3, -0.25) is 9.59 Å². The van der Waals surface area contributed by atoms with Crippen LogP contribution in [0.15, 0.2) is 47.3 Å². The zero-order chi connectivity index (χ0) is 22.5. The number of nitrogens with zero attached hydrogens (tertiary/aromatic N) is 1. The minimum Gasteiger partial charge on any atom is -0.481 e. The zero-order valence-corrected chi connectivity index (χ0v) is 19.6. The molecule has 5 nitrogen and oxygen atoms in total. The van der Waals surface area contributed by atoms with Crippen molar-refractivity contribution in [2.45, 2.75) is 51.0 Å². The quantitative estimate of drug-likeness (QED) is 0.489. The molecule has 2 aromatic heterocycles. The van der Waals surface area contributed by atoms with Crippen molar-refractivity contribution >= 4 is 45.7 Å². The molecule has 7 heteroatoms. The summed E-state index contributed by atoms with van der Waals surface area (Å²) in [5, 5.41) is 15.3. The number of carboxylic acid groups (broad SMARTS) is 1. The van der Waals surface area contributed by atoms with Crippen molar-refractivity contribution in [3.63, 3.8) is 0 Å². The summed E-state index contributed by atoms with van der Waals surface area (Å²) in [5.74, 6) is -0.757. The van der Waals surface area contributed by atoms with E-state index in [2.05, 4.69) is 4.98 Å². The number of H-pyrrole nitrogens is 1. The first-order valence-corrected chi connectivity index (χ1v) is 12.6. The molecule has 32 heavy (non-hydrogen) atoms. The fraction of sp³-hybridized carbons (Fsp3) is 0.440. The first-order valence-electron chi connectivity index (χ1n) is 11.3. The van der Waals surface area contributed by atoms with Crippen molar-refractivity contribution in [2.24, 2.45) is 11.8 Å². The Morgan fingerprint density at radius 2 is 1.94 bits per heavy atom.